The molecule has 0 spiro atoms. The van der Waals surface area contributed by atoms with Crippen LogP contribution in [0.15, 0.2) is 85.5 Å². The highest BCUT2D eigenvalue weighted by atomic mass is 35.5. The molecule has 0 saturated heterocycles. The average molecular weight is 533 g/mol. The van der Waals surface area contributed by atoms with Crippen LogP contribution in [0.5, 0.6) is 0 Å². The summed E-state index contributed by atoms with van der Waals surface area (Å²) in [5, 5.41) is 17.2. The number of aromatic carboxylic acids is 1. The van der Waals surface area contributed by atoms with Crippen molar-refractivity contribution in [3.8, 4) is 5.69 Å². The maximum absolute atomic E-state index is 13.5. The molecule has 0 saturated carbocycles. The van der Waals surface area contributed by atoms with Crippen LogP contribution in [0, 0.1) is 0 Å². The number of nitrogens with one attached hydrogen (secondary N) is 2. The Bertz CT molecular complexity index is 1450. The van der Waals surface area contributed by atoms with E-state index in [1.165, 1.54) is 47.7 Å². The number of hydrogen-bond donors (Lipinski definition) is 3. The van der Waals surface area contributed by atoms with Gasteiger partial charge in [-0.3, -0.25) is 19.8 Å². The van der Waals surface area contributed by atoms with Crippen LogP contribution in [0.2, 0.25) is 5.02 Å². The monoisotopic (exact) mass is 532 g/mol. The molecule has 1 aromatic heterocycles. The molecule has 0 radical (unpaired) electrons. The van der Waals surface area contributed by atoms with E-state index in [9.17, 15) is 19.2 Å². The van der Waals surface area contributed by atoms with Crippen molar-refractivity contribution in [3.63, 3.8) is 0 Å². The van der Waals surface area contributed by atoms with E-state index in [0.717, 1.165) is 10.6 Å². The minimum absolute atomic E-state index is 0.0462. The highest BCUT2D eigenvalue weighted by Gasteiger charge is 2.31. The zero-order valence-electron chi connectivity index (χ0n) is 19.7. The zero-order valence-corrected chi connectivity index (χ0v) is 20.4. The number of carbonyl (C=O) groups excluding carboxylic acids is 3. The third-order valence-corrected chi connectivity index (χ3v) is 5.72. The first-order valence-corrected chi connectivity index (χ1v) is 11.6. The van der Waals surface area contributed by atoms with Gasteiger partial charge < -0.3 is 10.4 Å². The summed E-state index contributed by atoms with van der Waals surface area (Å²) >= 11 is 6.21. The molecule has 1 atom stereocenters. The fraction of sp³-hybridized carbons (Fsp3) is 0.0769. The SMILES string of the molecule is O=CC(=O)N(Nc1cc(Cl)ccc1-n1cncn1)C(Cc1ccccc1)C(=O)Nc1ccc(C(=O)O)cc1. The number of rotatable bonds is 10. The molecule has 1 unspecified atom stereocenters. The summed E-state index contributed by atoms with van der Waals surface area (Å²) in [6.07, 6.45) is 2.91. The van der Waals surface area contributed by atoms with Gasteiger partial charge in [0.05, 0.1) is 16.9 Å². The Balaban J connectivity index is 1.71. The number of nitrogens with zero attached hydrogens (tertiary/aromatic N) is 4. The van der Waals surface area contributed by atoms with E-state index in [1.807, 2.05) is 6.07 Å². The molecule has 4 aromatic rings. The maximum Gasteiger partial charge on any atom is 0.335 e. The van der Waals surface area contributed by atoms with Crippen molar-refractivity contribution in [3.05, 3.63) is 102 Å². The largest absolute Gasteiger partial charge is 0.478 e. The van der Waals surface area contributed by atoms with Crippen molar-refractivity contribution in [2.75, 3.05) is 10.7 Å². The summed E-state index contributed by atoms with van der Waals surface area (Å²) in [5.41, 5.74) is 4.70. The van der Waals surface area contributed by atoms with Crippen molar-refractivity contribution in [2.45, 2.75) is 12.5 Å². The third kappa shape index (κ3) is 6.20. The lowest BCUT2D eigenvalue weighted by atomic mass is 10.0. The topological polar surface area (TPSA) is 147 Å². The number of anilines is 2. The van der Waals surface area contributed by atoms with Gasteiger partial charge in [0.15, 0.2) is 0 Å². The van der Waals surface area contributed by atoms with Gasteiger partial charge in [-0.05, 0) is 48.0 Å². The predicted molar refractivity (Wildman–Crippen MR) is 139 cm³/mol. The number of carboxylic acid groups (broad SMARTS) is 1. The molecular weight excluding hydrogens is 512 g/mol. The molecule has 12 heteroatoms. The van der Waals surface area contributed by atoms with Crippen LogP contribution in [-0.2, 0) is 20.8 Å². The molecule has 0 aliphatic heterocycles. The fourth-order valence-electron chi connectivity index (χ4n) is 3.66. The summed E-state index contributed by atoms with van der Waals surface area (Å²) < 4.78 is 1.43. The number of benzene rings is 3. The number of halogens is 1. The summed E-state index contributed by atoms with van der Waals surface area (Å²) in [4.78, 5) is 53.2. The lowest BCUT2D eigenvalue weighted by Gasteiger charge is -2.31. The van der Waals surface area contributed by atoms with Gasteiger partial charge in [0, 0.05) is 17.1 Å². The van der Waals surface area contributed by atoms with E-state index < -0.39 is 23.8 Å². The molecule has 0 fully saturated rings. The molecule has 2 amide bonds. The standard InChI is InChI=1S/C26H21ClN6O5/c27-19-8-11-22(32-16-28-15-29-32)21(13-19)31-33(24(35)14-34)23(12-17-4-2-1-3-5-17)25(36)30-20-9-6-18(7-10-20)26(37)38/h1-11,13-16,23,31H,12H2,(H,30,36)(H,37,38). The highest BCUT2D eigenvalue weighted by molar-refractivity contribution is 6.31. The molecule has 1 heterocycles. The minimum atomic E-state index is -1.21. The van der Waals surface area contributed by atoms with Crippen molar-refractivity contribution >= 4 is 47.0 Å². The van der Waals surface area contributed by atoms with Crippen LogP contribution < -0.4 is 10.7 Å². The van der Waals surface area contributed by atoms with Crippen molar-refractivity contribution in [2.24, 2.45) is 0 Å². The Hall–Kier alpha value is -5.03. The van der Waals surface area contributed by atoms with E-state index in [4.69, 9.17) is 16.7 Å². The first kappa shape index (κ1) is 26.0. The Morgan fingerprint density at radius 3 is 2.42 bits per heavy atom. The van der Waals surface area contributed by atoms with Gasteiger partial charge in [-0.1, -0.05) is 41.9 Å². The summed E-state index contributed by atoms with van der Waals surface area (Å²) in [5.74, 6) is -2.74. The molecular formula is C26H21ClN6O5. The molecule has 4 rings (SSSR count). The Morgan fingerprint density at radius 1 is 1.05 bits per heavy atom. The van der Waals surface area contributed by atoms with Crippen LogP contribution in [0.1, 0.15) is 15.9 Å². The van der Waals surface area contributed by atoms with Gasteiger partial charge in [0.1, 0.15) is 18.7 Å². The van der Waals surface area contributed by atoms with E-state index in [0.29, 0.717) is 16.4 Å². The van der Waals surface area contributed by atoms with Crippen molar-refractivity contribution in [1.82, 2.24) is 19.8 Å². The fourth-order valence-corrected chi connectivity index (χ4v) is 3.84. The summed E-state index contributed by atoms with van der Waals surface area (Å²) in [6, 6.07) is 18.1. The van der Waals surface area contributed by atoms with Gasteiger partial charge in [-0.15, -0.1) is 0 Å². The maximum atomic E-state index is 13.5. The average Bonchev–Trinajstić information content (AvgIpc) is 3.46. The quantitative estimate of drug-likeness (QED) is 0.160. The second kappa shape index (κ2) is 11.8. The molecule has 3 N–H and O–H groups in total. The Kier molecular flexibility index (Phi) is 8.09. The van der Waals surface area contributed by atoms with Crippen LogP contribution in [0.25, 0.3) is 5.69 Å². The van der Waals surface area contributed by atoms with Gasteiger partial charge in [-0.2, -0.15) is 5.10 Å². The lowest BCUT2D eigenvalue weighted by molar-refractivity contribution is -0.141. The second-order valence-electron chi connectivity index (χ2n) is 8.02. The van der Waals surface area contributed by atoms with E-state index in [-0.39, 0.29) is 24.0 Å². The third-order valence-electron chi connectivity index (χ3n) is 5.49. The zero-order chi connectivity index (χ0) is 27.1. The van der Waals surface area contributed by atoms with Gasteiger partial charge in [0.25, 0.3) is 0 Å². The minimum Gasteiger partial charge on any atom is -0.478 e. The Morgan fingerprint density at radius 2 is 1.79 bits per heavy atom. The molecule has 0 aliphatic rings. The number of carboxylic acids is 1. The highest BCUT2D eigenvalue weighted by Crippen LogP contribution is 2.26. The summed E-state index contributed by atoms with van der Waals surface area (Å²) in [6.45, 7) is 0. The number of aldehydes is 1. The first-order chi connectivity index (χ1) is 18.4. The lowest BCUT2D eigenvalue weighted by Crippen LogP contribution is -2.52. The van der Waals surface area contributed by atoms with Gasteiger partial charge in [0.2, 0.25) is 12.2 Å². The van der Waals surface area contributed by atoms with Gasteiger partial charge in [-0.25, -0.2) is 19.5 Å². The number of hydrogen-bond acceptors (Lipinski definition) is 7. The second-order valence-corrected chi connectivity index (χ2v) is 8.45. The van der Waals surface area contributed by atoms with E-state index in [2.05, 4.69) is 20.8 Å². The first-order valence-electron chi connectivity index (χ1n) is 11.2. The number of hydrazine groups is 1. The number of amides is 2. The molecule has 11 nitrogen and oxygen atoms in total. The summed E-state index contributed by atoms with van der Waals surface area (Å²) in [7, 11) is 0. The Labute approximate surface area is 221 Å². The molecule has 192 valence electrons. The van der Waals surface area contributed by atoms with Crippen molar-refractivity contribution in [1.29, 1.82) is 0 Å². The van der Waals surface area contributed by atoms with Gasteiger partial charge >= 0.3 is 11.9 Å². The van der Waals surface area contributed by atoms with E-state index >= 15 is 0 Å². The molecule has 0 bridgehead atoms. The van der Waals surface area contributed by atoms with Crippen LogP contribution in [-0.4, -0.2) is 55.0 Å². The molecule has 0 aliphatic carbocycles. The predicted octanol–water partition coefficient (Wildman–Crippen LogP) is 3.22. The van der Waals surface area contributed by atoms with Crippen LogP contribution in [0.3, 0.4) is 0 Å². The smallest absolute Gasteiger partial charge is 0.335 e. The number of aromatic nitrogens is 3. The molecule has 38 heavy (non-hydrogen) atoms. The number of carbonyl (C=O) groups is 4. The normalized spacial score (nSPS) is 11.3. The van der Waals surface area contributed by atoms with Crippen molar-refractivity contribution < 1.29 is 24.3 Å². The van der Waals surface area contributed by atoms with E-state index in [1.54, 1.807) is 36.4 Å². The van der Waals surface area contributed by atoms with Crippen LogP contribution >= 0.6 is 11.6 Å². The van der Waals surface area contributed by atoms with Crippen LogP contribution in [0.4, 0.5) is 11.4 Å². The molecule has 3 aromatic carbocycles.